The smallest absolute Gasteiger partial charge is 0.169 e. The van der Waals surface area contributed by atoms with Crippen molar-refractivity contribution in [3.8, 4) is 0 Å². The zero-order valence-electron chi connectivity index (χ0n) is 8.88. The highest BCUT2D eigenvalue weighted by Crippen LogP contribution is 2.24. The summed E-state index contributed by atoms with van der Waals surface area (Å²) in [7, 11) is 3.35. The van der Waals surface area contributed by atoms with Crippen LogP contribution in [0.3, 0.4) is 0 Å². The number of nitrogens with one attached hydrogen (secondary N) is 1. The minimum atomic E-state index is -0.104. The molecule has 0 heterocycles. The first-order valence-corrected chi connectivity index (χ1v) is 5.07. The van der Waals surface area contributed by atoms with E-state index in [1.807, 2.05) is 0 Å². The summed E-state index contributed by atoms with van der Waals surface area (Å²) in [5.74, 6) is 0.800. The number of methoxy groups -OCH3 is 2. The summed E-state index contributed by atoms with van der Waals surface area (Å²) in [6, 6.07) is 0.660. The summed E-state index contributed by atoms with van der Waals surface area (Å²) >= 11 is 0. The zero-order valence-corrected chi connectivity index (χ0v) is 8.88. The van der Waals surface area contributed by atoms with E-state index in [0.29, 0.717) is 6.04 Å². The van der Waals surface area contributed by atoms with Crippen LogP contribution in [0, 0.1) is 5.92 Å². The van der Waals surface area contributed by atoms with Gasteiger partial charge in [0.1, 0.15) is 0 Å². The van der Waals surface area contributed by atoms with E-state index in [2.05, 4.69) is 12.2 Å². The van der Waals surface area contributed by atoms with E-state index in [1.54, 1.807) is 14.2 Å². The molecule has 2 atom stereocenters. The molecule has 0 bridgehead atoms. The molecule has 0 aromatic rings. The molecule has 0 radical (unpaired) electrons. The summed E-state index contributed by atoms with van der Waals surface area (Å²) in [6.45, 7) is 3.10. The first kappa shape index (κ1) is 11.0. The molecule has 1 rings (SSSR count). The molecule has 0 spiro atoms. The van der Waals surface area contributed by atoms with E-state index in [4.69, 9.17) is 9.47 Å². The van der Waals surface area contributed by atoms with Gasteiger partial charge in [0.05, 0.1) is 0 Å². The van der Waals surface area contributed by atoms with Crippen LogP contribution in [0.4, 0.5) is 0 Å². The number of hydrogen-bond acceptors (Lipinski definition) is 3. The van der Waals surface area contributed by atoms with Crippen molar-refractivity contribution in [1.29, 1.82) is 0 Å². The lowest BCUT2D eigenvalue weighted by Gasteiger charge is -2.20. The number of ether oxygens (including phenoxy) is 2. The average molecular weight is 187 g/mol. The minimum absolute atomic E-state index is 0.104. The lowest BCUT2D eigenvalue weighted by molar-refractivity contribution is -0.100. The van der Waals surface area contributed by atoms with E-state index in [9.17, 15) is 0 Å². The molecule has 1 N–H and O–H groups in total. The maximum atomic E-state index is 5.11. The van der Waals surface area contributed by atoms with E-state index >= 15 is 0 Å². The average Bonchev–Trinajstić information content (AvgIpc) is 2.54. The van der Waals surface area contributed by atoms with Crippen LogP contribution in [0.1, 0.15) is 26.2 Å². The molecule has 13 heavy (non-hydrogen) atoms. The number of hydrogen-bond donors (Lipinski definition) is 1. The van der Waals surface area contributed by atoms with Gasteiger partial charge < -0.3 is 14.8 Å². The van der Waals surface area contributed by atoms with Crippen molar-refractivity contribution in [2.24, 2.45) is 5.92 Å². The molecular formula is C10H21NO2. The summed E-state index contributed by atoms with van der Waals surface area (Å²) in [5.41, 5.74) is 0. The Morgan fingerprint density at radius 2 is 2.00 bits per heavy atom. The van der Waals surface area contributed by atoms with Crippen LogP contribution in [-0.2, 0) is 9.47 Å². The molecule has 2 unspecified atom stereocenters. The van der Waals surface area contributed by atoms with Crippen molar-refractivity contribution < 1.29 is 9.47 Å². The first-order chi connectivity index (χ1) is 6.27. The molecule has 1 fully saturated rings. The molecule has 1 saturated carbocycles. The predicted molar refractivity (Wildman–Crippen MR) is 52.6 cm³/mol. The zero-order chi connectivity index (χ0) is 9.68. The molecule has 78 valence electrons. The minimum Gasteiger partial charge on any atom is -0.355 e. The fourth-order valence-electron chi connectivity index (χ4n) is 1.96. The monoisotopic (exact) mass is 187 g/mol. The second kappa shape index (κ2) is 5.58. The Morgan fingerprint density at radius 1 is 1.31 bits per heavy atom. The predicted octanol–water partition coefficient (Wildman–Crippen LogP) is 1.38. The van der Waals surface area contributed by atoms with E-state index in [1.165, 1.54) is 19.3 Å². The van der Waals surface area contributed by atoms with Crippen LogP contribution in [0.15, 0.2) is 0 Å². The molecule has 3 heteroatoms. The lowest BCUT2D eigenvalue weighted by atomic mass is 10.1. The molecule has 0 amide bonds. The second-order valence-electron chi connectivity index (χ2n) is 3.82. The van der Waals surface area contributed by atoms with Crippen molar-refractivity contribution in [3.05, 3.63) is 0 Å². The first-order valence-electron chi connectivity index (χ1n) is 5.07. The fraction of sp³-hybridized carbons (Fsp3) is 1.00. The van der Waals surface area contributed by atoms with Crippen LogP contribution in [-0.4, -0.2) is 33.1 Å². The van der Waals surface area contributed by atoms with E-state index < -0.39 is 0 Å². The highest BCUT2D eigenvalue weighted by Gasteiger charge is 2.23. The van der Waals surface area contributed by atoms with Gasteiger partial charge in [-0.2, -0.15) is 0 Å². The molecule has 0 saturated heterocycles. The fourth-order valence-corrected chi connectivity index (χ4v) is 1.96. The lowest BCUT2D eigenvalue weighted by Crippen LogP contribution is -2.38. The molecular weight excluding hydrogens is 166 g/mol. The van der Waals surface area contributed by atoms with Gasteiger partial charge in [-0.25, -0.2) is 0 Å². The Kier molecular flexibility index (Phi) is 4.70. The summed E-state index contributed by atoms with van der Waals surface area (Å²) < 4.78 is 10.2. The van der Waals surface area contributed by atoms with Crippen LogP contribution in [0.2, 0.25) is 0 Å². The Labute approximate surface area is 80.8 Å². The van der Waals surface area contributed by atoms with Crippen LogP contribution in [0.5, 0.6) is 0 Å². The Balaban J connectivity index is 2.17. The van der Waals surface area contributed by atoms with Gasteiger partial charge in [-0.1, -0.05) is 13.3 Å². The van der Waals surface area contributed by atoms with E-state index in [0.717, 1.165) is 12.5 Å². The van der Waals surface area contributed by atoms with Gasteiger partial charge in [0.25, 0.3) is 0 Å². The van der Waals surface area contributed by atoms with Crippen LogP contribution < -0.4 is 5.32 Å². The Bertz CT molecular complexity index is 137. The van der Waals surface area contributed by atoms with Crippen molar-refractivity contribution in [2.45, 2.75) is 38.5 Å². The number of rotatable bonds is 5. The molecule has 3 nitrogen and oxygen atoms in total. The van der Waals surface area contributed by atoms with Crippen molar-refractivity contribution >= 4 is 0 Å². The normalized spacial score (nSPS) is 28.6. The van der Waals surface area contributed by atoms with Crippen molar-refractivity contribution in [3.63, 3.8) is 0 Å². The standard InChI is InChI=1S/C10H21NO2/c1-8-5-4-6-9(8)11-7-10(12-2)13-3/h8-11H,4-7H2,1-3H3. The van der Waals surface area contributed by atoms with Crippen LogP contribution >= 0.6 is 0 Å². The van der Waals surface area contributed by atoms with Crippen molar-refractivity contribution in [1.82, 2.24) is 5.32 Å². The largest absolute Gasteiger partial charge is 0.355 e. The Morgan fingerprint density at radius 3 is 2.46 bits per heavy atom. The molecule has 0 aromatic carbocycles. The summed E-state index contributed by atoms with van der Waals surface area (Å²) in [4.78, 5) is 0. The SMILES string of the molecule is COC(CNC1CCCC1C)OC. The van der Waals surface area contributed by atoms with Gasteiger partial charge in [0, 0.05) is 26.8 Å². The third-order valence-corrected chi connectivity index (χ3v) is 2.93. The van der Waals surface area contributed by atoms with E-state index in [-0.39, 0.29) is 6.29 Å². The summed E-state index contributed by atoms with van der Waals surface area (Å²) in [5, 5.41) is 3.48. The molecule has 1 aliphatic carbocycles. The molecule has 0 aromatic heterocycles. The van der Waals surface area contributed by atoms with Gasteiger partial charge in [0.15, 0.2) is 6.29 Å². The van der Waals surface area contributed by atoms with Gasteiger partial charge in [-0.15, -0.1) is 0 Å². The van der Waals surface area contributed by atoms with Gasteiger partial charge in [-0.05, 0) is 18.8 Å². The highest BCUT2D eigenvalue weighted by atomic mass is 16.7. The second-order valence-corrected chi connectivity index (χ2v) is 3.82. The molecule has 0 aliphatic heterocycles. The summed E-state index contributed by atoms with van der Waals surface area (Å²) in [6.07, 6.45) is 3.89. The quantitative estimate of drug-likeness (QED) is 0.660. The Hall–Kier alpha value is -0.120. The highest BCUT2D eigenvalue weighted by molar-refractivity contribution is 4.80. The van der Waals surface area contributed by atoms with Gasteiger partial charge in [-0.3, -0.25) is 0 Å². The third-order valence-electron chi connectivity index (χ3n) is 2.93. The van der Waals surface area contributed by atoms with Crippen molar-refractivity contribution in [2.75, 3.05) is 20.8 Å². The maximum Gasteiger partial charge on any atom is 0.169 e. The maximum absolute atomic E-state index is 5.11. The third kappa shape index (κ3) is 3.25. The topological polar surface area (TPSA) is 30.5 Å². The van der Waals surface area contributed by atoms with Crippen LogP contribution in [0.25, 0.3) is 0 Å². The van der Waals surface area contributed by atoms with Gasteiger partial charge >= 0.3 is 0 Å². The molecule has 1 aliphatic rings. The van der Waals surface area contributed by atoms with Gasteiger partial charge in [0.2, 0.25) is 0 Å².